The van der Waals surface area contributed by atoms with E-state index in [9.17, 15) is 4.79 Å². The lowest BCUT2D eigenvalue weighted by molar-refractivity contribution is -0.120. The normalized spacial score (nSPS) is 10.5. The maximum Gasteiger partial charge on any atom is 0.322 e. The number of likely N-dealkylation sites (N-methyl/N-ethyl adjacent to an activating group) is 1. The predicted octanol–water partition coefficient (Wildman–Crippen LogP) is 1.27. The van der Waals surface area contributed by atoms with Crippen molar-refractivity contribution in [3.05, 3.63) is 5.28 Å². The van der Waals surface area contributed by atoms with Crippen LogP contribution in [0.3, 0.4) is 0 Å². The number of carbonyl (C=O) groups is 1. The van der Waals surface area contributed by atoms with Crippen LogP contribution in [0.4, 0.5) is 5.95 Å². The highest BCUT2D eigenvalue weighted by Gasteiger charge is 2.13. The molecule has 0 spiro atoms. The lowest BCUT2D eigenvalue weighted by Gasteiger charge is -2.18. The zero-order chi connectivity index (χ0) is 15.1. The van der Waals surface area contributed by atoms with E-state index in [4.69, 9.17) is 16.3 Å². The largest absolute Gasteiger partial charge is 0.463 e. The number of amides is 1. The van der Waals surface area contributed by atoms with E-state index in [1.54, 1.807) is 11.9 Å². The highest BCUT2D eigenvalue weighted by molar-refractivity contribution is 6.28. The molecule has 7 nitrogen and oxygen atoms in total. The Morgan fingerprint density at radius 2 is 2.10 bits per heavy atom. The zero-order valence-electron chi connectivity index (χ0n) is 12.2. The first-order valence-corrected chi connectivity index (χ1v) is 6.85. The van der Waals surface area contributed by atoms with E-state index in [-0.39, 0.29) is 29.8 Å². The van der Waals surface area contributed by atoms with Gasteiger partial charge in [-0.3, -0.25) is 4.79 Å². The molecule has 0 fully saturated rings. The van der Waals surface area contributed by atoms with E-state index in [0.29, 0.717) is 12.6 Å². The maximum atomic E-state index is 11.7. The molecular weight excluding hydrogens is 282 g/mol. The Morgan fingerprint density at radius 3 is 2.70 bits per heavy atom. The van der Waals surface area contributed by atoms with Crippen LogP contribution in [0.1, 0.15) is 27.2 Å². The van der Waals surface area contributed by atoms with E-state index in [1.165, 1.54) is 0 Å². The van der Waals surface area contributed by atoms with Gasteiger partial charge in [-0.15, -0.1) is 0 Å². The minimum Gasteiger partial charge on any atom is -0.463 e. The first-order valence-electron chi connectivity index (χ1n) is 6.47. The summed E-state index contributed by atoms with van der Waals surface area (Å²) in [6.07, 6.45) is 0.839. The van der Waals surface area contributed by atoms with E-state index in [1.807, 2.05) is 20.8 Å². The standard InChI is InChI=1S/C12H20ClN5O2/c1-5-6-20-12-16-10(13)15-11(17-12)18(4)7-9(19)14-8(2)3/h8H,5-7H2,1-4H3,(H,14,19). The van der Waals surface area contributed by atoms with Crippen molar-refractivity contribution in [3.8, 4) is 6.01 Å². The van der Waals surface area contributed by atoms with Crippen molar-refractivity contribution >= 4 is 23.5 Å². The fourth-order valence-electron chi connectivity index (χ4n) is 1.40. The molecule has 1 heterocycles. The number of carbonyl (C=O) groups excluding carboxylic acids is 1. The number of nitrogens with zero attached hydrogens (tertiary/aromatic N) is 4. The number of hydrogen-bond acceptors (Lipinski definition) is 6. The van der Waals surface area contributed by atoms with Gasteiger partial charge < -0.3 is 15.0 Å². The van der Waals surface area contributed by atoms with Gasteiger partial charge in [0.05, 0.1) is 13.2 Å². The fourth-order valence-corrected chi connectivity index (χ4v) is 1.55. The van der Waals surface area contributed by atoms with E-state index in [0.717, 1.165) is 6.42 Å². The Kier molecular flexibility index (Phi) is 6.44. The number of ether oxygens (including phenoxy) is 1. The predicted molar refractivity (Wildman–Crippen MR) is 77.2 cm³/mol. The average Bonchev–Trinajstić information content (AvgIpc) is 2.34. The number of halogens is 1. The molecular formula is C12H20ClN5O2. The van der Waals surface area contributed by atoms with Gasteiger partial charge >= 0.3 is 6.01 Å². The van der Waals surface area contributed by atoms with Gasteiger partial charge in [-0.25, -0.2) is 0 Å². The number of anilines is 1. The van der Waals surface area contributed by atoms with Crippen LogP contribution in [0, 0.1) is 0 Å². The van der Waals surface area contributed by atoms with Crippen LogP contribution in [0.5, 0.6) is 6.01 Å². The number of hydrogen-bond donors (Lipinski definition) is 1. The summed E-state index contributed by atoms with van der Waals surface area (Å²) in [7, 11) is 1.70. The van der Waals surface area contributed by atoms with Gasteiger partial charge in [0.2, 0.25) is 17.1 Å². The monoisotopic (exact) mass is 301 g/mol. The molecule has 0 bridgehead atoms. The molecule has 0 atom stereocenters. The summed E-state index contributed by atoms with van der Waals surface area (Å²) in [6.45, 7) is 6.40. The lowest BCUT2D eigenvalue weighted by atomic mass is 10.4. The quantitative estimate of drug-likeness (QED) is 0.817. The molecule has 1 aromatic heterocycles. The van der Waals surface area contributed by atoms with Crippen molar-refractivity contribution in [2.75, 3.05) is 25.1 Å². The average molecular weight is 302 g/mol. The molecule has 1 N–H and O–H groups in total. The first-order chi connectivity index (χ1) is 9.42. The van der Waals surface area contributed by atoms with Gasteiger partial charge in [-0.05, 0) is 31.9 Å². The molecule has 20 heavy (non-hydrogen) atoms. The van der Waals surface area contributed by atoms with Crippen molar-refractivity contribution in [1.82, 2.24) is 20.3 Å². The Balaban J connectivity index is 2.73. The fraction of sp³-hybridized carbons (Fsp3) is 0.667. The molecule has 0 aliphatic heterocycles. The summed E-state index contributed by atoms with van der Waals surface area (Å²) in [5.41, 5.74) is 0. The molecule has 1 aromatic rings. The molecule has 0 aliphatic carbocycles. The van der Waals surface area contributed by atoms with Crippen molar-refractivity contribution < 1.29 is 9.53 Å². The van der Waals surface area contributed by atoms with Crippen LogP contribution in [0.15, 0.2) is 0 Å². The highest BCUT2D eigenvalue weighted by Crippen LogP contribution is 2.14. The highest BCUT2D eigenvalue weighted by atomic mass is 35.5. The zero-order valence-corrected chi connectivity index (χ0v) is 12.9. The summed E-state index contributed by atoms with van der Waals surface area (Å²) >= 11 is 5.82. The maximum absolute atomic E-state index is 11.7. The first kappa shape index (κ1) is 16.4. The summed E-state index contributed by atoms with van der Waals surface area (Å²) < 4.78 is 5.32. The smallest absolute Gasteiger partial charge is 0.322 e. The lowest BCUT2D eigenvalue weighted by Crippen LogP contribution is -2.39. The Labute approximate surface area is 123 Å². The molecule has 1 amide bonds. The van der Waals surface area contributed by atoms with E-state index < -0.39 is 0 Å². The van der Waals surface area contributed by atoms with Crippen molar-refractivity contribution in [2.45, 2.75) is 33.2 Å². The molecule has 112 valence electrons. The van der Waals surface area contributed by atoms with Crippen molar-refractivity contribution in [3.63, 3.8) is 0 Å². The molecule has 0 saturated carbocycles. The number of nitrogens with one attached hydrogen (secondary N) is 1. The van der Waals surface area contributed by atoms with Crippen LogP contribution >= 0.6 is 11.6 Å². The summed E-state index contributed by atoms with van der Waals surface area (Å²) in [5.74, 6) is 0.185. The Bertz CT molecular complexity index is 455. The second-order valence-corrected chi connectivity index (χ2v) is 4.95. The number of aromatic nitrogens is 3. The molecule has 0 aliphatic rings. The molecule has 0 saturated heterocycles. The molecule has 0 radical (unpaired) electrons. The second-order valence-electron chi connectivity index (χ2n) is 4.61. The van der Waals surface area contributed by atoms with Gasteiger partial charge in [0.1, 0.15) is 0 Å². The van der Waals surface area contributed by atoms with Crippen molar-refractivity contribution in [1.29, 1.82) is 0 Å². The van der Waals surface area contributed by atoms with Crippen LogP contribution in [0.25, 0.3) is 0 Å². The van der Waals surface area contributed by atoms with E-state index >= 15 is 0 Å². The van der Waals surface area contributed by atoms with Crippen LogP contribution in [-0.4, -0.2) is 47.1 Å². The molecule has 1 rings (SSSR count). The third kappa shape index (κ3) is 5.56. The minimum absolute atomic E-state index is 0.0391. The van der Waals surface area contributed by atoms with Gasteiger partial charge in [-0.2, -0.15) is 15.0 Å². The Hall–Kier alpha value is -1.63. The van der Waals surface area contributed by atoms with Crippen LogP contribution in [-0.2, 0) is 4.79 Å². The summed E-state index contributed by atoms with van der Waals surface area (Å²) in [4.78, 5) is 25.3. The van der Waals surface area contributed by atoms with Crippen LogP contribution < -0.4 is 15.0 Å². The third-order valence-electron chi connectivity index (χ3n) is 2.18. The minimum atomic E-state index is -0.116. The Morgan fingerprint density at radius 1 is 1.40 bits per heavy atom. The third-order valence-corrected chi connectivity index (χ3v) is 2.35. The molecule has 0 aromatic carbocycles. The van der Waals surface area contributed by atoms with Crippen LogP contribution in [0.2, 0.25) is 5.28 Å². The van der Waals surface area contributed by atoms with Gasteiger partial charge in [0, 0.05) is 13.1 Å². The summed E-state index contributed by atoms with van der Waals surface area (Å²) in [5, 5.41) is 2.83. The molecule has 8 heteroatoms. The van der Waals surface area contributed by atoms with Gasteiger partial charge in [0.15, 0.2) is 0 Å². The topological polar surface area (TPSA) is 80.2 Å². The van der Waals surface area contributed by atoms with Gasteiger partial charge in [-0.1, -0.05) is 6.92 Å². The second kappa shape index (κ2) is 7.84. The SMILES string of the molecule is CCCOc1nc(Cl)nc(N(C)CC(=O)NC(C)C)n1. The summed E-state index contributed by atoms with van der Waals surface area (Å²) in [6, 6.07) is 0.249. The molecule has 0 unspecified atom stereocenters. The van der Waals surface area contributed by atoms with E-state index in [2.05, 4.69) is 20.3 Å². The number of rotatable bonds is 7. The van der Waals surface area contributed by atoms with Gasteiger partial charge in [0.25, 0.3) is 0 Å². The van der Waals surface area contributed by atoms with Crippen molar-refractivity contribution in [2.24, 2.45) is 0 Å².